The number of nitrogens with zero attached hydrogens (tertiary/aromatic N) is 2. The molecule has 0 amide bonds. The van der Waals surface area contributed by atoms with E-state index in [0.29, 0.717) is 24.1 Å². The third-order valence-corrected chi connectivity index (χ3v) is 3.01. The van der Waals surface area contributed by atoms with Gasteiger partial charge in [-0.15, -0.1) is 0 Å². The van der Waals surface area contributed by atoms with Crippen molar-refractivity contribution in [2.24, 2.45) is 5.16 Å². The highest BCUT2D eigenvalue weighted by Crippen LogP contribution is 2.31. The van der Waals surface area contributed by atoms with Crippen LogP contribution in [0.25, 0.3) is 5.57 Å². The van der Waals surface area contributed by atoms with Crippen molar-refractivity contribution in [2.75, 3.05) is 6.26 Å². The van der Waals surface area contributed by atoms with Crippen molar-refractivity contribution >= 4 is 21.4 Å². The minimum Gasteiger partial charge on any atom is -0.269 e. The van der Waals surface area contributed by atoms with Crippen LogP contribution in [-0.4, -0.2) is 20.4 Å². The molecule has 0 heterocycles. The van der Waals surface area contributed by atoms with E-state index in [1.54, 1.807) is 0 Å². The lowest BCUT2D eigenvalue weighted by Crippen LogP contribution is -2.17. The van der Waals surface area contributed by atoms with Crippen LogP contribution in [0.3, 0.4) is 0 Å². The van der Waals surface area contributed by atoms with Gasteiger partial charge in [0.25, 0.3) is 0 Å². The van der Waals surface area contributed by atoms with Crippen LogP contribution >= 0.6 is 0 Å². The van der Waals surface area contributed by atoms with Crippen LogP contribution in [0, 0.1) is 11.3 Å². The maximum Gasteiger partial charge on any atom is 0.325 e. The first kappa shape index (κ1) is 13.3. The van der Waals surface area contributed by atoms with E-state index in [1.165, 1.54) is 0 Å². The summed E-state index contributed by atoms with van der Waals surface area (Å²) in [5, 5.41) is 12.7. The molecule has 0 unspecified atom stereocenters. The van der Waals surface area contributed by atoms with E-state index < -0.39 is 10.1 Å². The van der Waals surface area contributed by atoms with Gasteiger partial charge < -0.3 is 0 Å². The Hall–Kier alpha value is -2.13. The molecule has 2 rings (SSSR count). The summed E-state index contributed by atoms with van der Waals surface area (Å²) in [6.45, 7) is 0. The first-order chi connectivity index (χ1) is 8.99. The van der Waals surface area contributed by atoms with E-state index in [1.807, 2.05) is 30.3 Å². The number of hydrogen-bond acceptors (Lipinski definition) is 5. The lowest BCUT2D eigenvalue weighted by atomic mass is 9.84. The van der Waals surface area contributed by atoms with Crippen molar-refractivity contribution in [3.05, 3.63) is 41.5 Å². The second kappa shape index (κ2) is 5.24. The van der Waals surface area contributed by atoms with E-state index in [2.05, 4.69) is 15.5 Å². The monoisotopic (exact) mass is 276 g/mol. The summed E-state index contributed by atoms with van der Waals surface area (Å²) < 4.78 is 25.9. The highest BCUT2D eigenvalue weighted by molar-refractivity contribution is 7.85. The van der Waals surface area contributed by atoms with Crippen molar-refractivity contribution in [3.63, 3.8) is 0 Å². The Bertz CT molecular complexity index is 672. The summed E-state index contributed by atoms with van der Waals surface area (Å²) in [5.74, 6) is 0. The summed E-state index contributed by atoms with van der Waals surface area (Å²) in [6, 6.07) is 11.5. The van der Waals surface area contributed by atoms with E-state index in [-0.39, 0.29) is 0 Å². The summed E-state index contributed by atoms with van der Waals surface area (Å²) >= 11 is 0. The smallest absolute Gasteiger partial charge is 0.269 e. The Labute approximate surface area is 111 Å². The van der Waals surface area contributed by atoms with Gasteiger partial charge in [0.1, 0.15) is 0 Å². The lowest BCUT2D eigenvalue weighted by molar-refractivity contribution is 0.340. The van der Waals surface area contributed by atoms with Crippen molar-refractivity contribution in [1.82, 2.24) is 0 Å². The third-order valence-electron chi connectivity index (χ3n) is 2.66. The lowest BCUT2D eigenvalue weighted by Gasteiger charge is -2.20. The van der Waals surface area contributed by atoms with Crippen LogP contribution in [0.5, 0.6) is 0 Å². The van der Waals surface area contributed by atoms with Gasteiger partial charge in [0.05, 0.1) is 23.6 Å². The van der Waals surface area contributed by atoms with Crippen molar-refractivity contribution in [2.45, 2.75) is 12.8 Å². The first-order valence-corrected chi connectivity index (χ1v) is 7.43. The van der Waals surface area contributed by atoms with Crippen LogP contribution < -0.4 is 0 Å². The first-order valence-electron chi connectivity index (χ1n) is 5.61. The molecule has 19 heavy (non-hydrogen) atoms. The fourth-order valence-corrected chi connectivity index (χ4v) is 2.00. The van der Waals surface area contributed by atoms with Crippen molar-refractivity contribution in [3.8, 4) is 6.07 Å². The second-order valence-electron chi connectivity index (χ2n) is 4.25. The van der Waals surface area contributed by atoms with Crippen LogP contribution in [0.15, 0.2) is 41.1 Å². The molecule has 1 aromatic carbocycles. The Morgan fingerprint density at radius 1 is 1.32 bits per heavy atom. The zero-order valence-corrected chi connectivity index (χ0v) is 11.1. The highest BCUT2D eigenvalue weighted by atomic mass is 32.2. The summed E-state index contributed by atoms with van der Waals surface area (Å²) in [7, 11) is -3.56. The Morgan fingerprint density at radius 3 is 2.47 bits per heavy atom. The SMILES string of the molecule is CS(=O)(=O)ON=C1CC(=C(C#N)c2ccccc2)C1. The van der Waals surface area contributed by atoms with E-state index in [0.717, 1.165) is 17.4 Å². The minimum absolute atomic E-state index is 0.479. The van der Waals surface area contributed by atoms with E-state index >= 15 is 0 Å². The maximum atomic E-state index is 10.8. The minimum atomic E-state index is -3.56. The van der Waals surface area contributed by atoms with Gasteiger partial charge in [-0.3, -0.25) is 4.28 Å². The van der Waals surface area contributed by atoms with Gasteiger partial charge in [-0.2, -0.15) is 13.7 Å². The molecule has 5 nitrogen and oxygen atoms in total. The van der Waals surface area contributed by atoms with E-state index in [4.69, 9.17) is 0 Å². The average molecular weight is 276 g/mol. The molecule has 1 aliphatic carbocycles. The quantitative estimate of drug-likeness (QED) is 0.625. The molecule has 0 aliphatic heterocycles. The number of allylic oxidation sites excluding steroid dienone is 2. The van der Waals surface area contributed by atoms with Crippen LogP contribution in [0.1, 0.15) is 18.4 Å². The van der Waals surface area contributed by atoms with Gasteiger partial charge in [0, 0.05) is 12.8 Å². The molecule has 0 N–H and O–H groups in total. The van der Waals surface area contributed by atoms with Crippen molar-refractivity contribution in [1.29, 1.82) is 5.26 Å². The highest BCUT2D eigenvalue weighted by Gasteiger charge is 2.23. The molecule has 0 spiro atoms. The Balaban J connectivity index is 2.13. The second-order valence-corrected chi connectivity index (χ2v) is 5.80. The zero-order valence-electron chi connectivity index (χ0n) is 10.3. The summed E-state index contributed by atoms with van der Waals surface area (Å²) in [5.41, 5.74) is 3.07. The zero-order chi connectivity index (χ0) is 13.9. The molecule has 0 radical (unpaired) electrons. The molecule has 1 fully saturated rings. The molecule has 98 valence electrons. The molecule has 0 saturated heterocycles. The number of hydrogen-bond donors (Lipinski definition) is 0. The fraction of sp³-hybridized carbons (Fsp3) is 0.231. The number of benzene rings is 1. The van der Waals surface area contributed by atoms with Gasteiger partial charge in [-0.1, -0.05) is 35.5 Å². The van der Waals surface area contributed by atoms with Crippen LogP contribution in [0.2, 0.25) is 0 Å². The summed E-state index contributed by atoms with van der Waals surface area (Å²) in [4.78, 5) is 0. The van der Waals surface area contributed by atoms with Gasteiger partial charge in [0.15, 0.2) is 0 Å². The van der Waals surface area contributed by atoms with E-state index in [9.17, 15) is 13.7 Å². The standard InChI is InChI=1S/C13H12N2O3S/c1-19(16,17)18-15-12-7-11(8-12)13(9-14)10-5-3-2-4-6-10/h2-6H,7-8H2,1H3. The molecular formula is C13H12N2O3S. The third kappa shape index (κ3) is 3.42. The van der Waals surface area contributed by atoms with Gasteiger partial charge in [-0.25, -0.2) is 0 Å². The molecular weight excluding hydrogens is 264 g/mol. The topological polar surface area (TPSA) is 79.5 Å². The van der Waals surface area contributed by atoms with Gasteiger partial charge >= 0.3 is 10.1 Å². The molecule has 0 aromatic heterocycles. The number of nitriles is 1. The predicted octanol–water partition coefficient (Wildman–Crippen LogP) is 2.09. The number of oxime groups is 1. The molecule has 0 atom stereocenters. The molecule has 0 bridgehead atoms. The summed E-state index contributed by atoms with van der Waals surface area (Å²) in [6.07, 6.45) is 1.90. The van der Waals surface area contributed by atoms with Crippen LogP contribution in [0.4, 0.5) is 0 Å². The molecule has 6 heteroatoms. The average Bonchev–Trinajstić information content (AvgIpc) is 2.31. The fourth-order valence-electron chi connectivity index (χ4n) is 1.76. The van der Waals surface area contributed by atoms with Gasteiger partial charge in [0.2, 0.25) is 0 Å². The van der Waals surface area contributed by atoms with Gasteiger partial charge in [-0.05, 0) is 11.1 Å². The van der Waals surface area contributed by atoms with Crippen LogP contribution in [-0.2, 0) is 14.4 Å². The molecule has 1 aliphatic rings. The maximum absolute atomic E-state index is 10.8. The molecule has 1 aromatic rings. The normalized spacial score (nSPS) is 14.3. The predicted molar refractivity (Wildman–Crippen MR) is 71.6 cm³/mol. The Kier molecular flexibility index (Phi) is 3.67. The number of rotatable bonds is 3. The molecule has 1 saturated carbocycles. The van der Waals surface area contributed by atoms with Crippen molar-refractivity contribution < 1.29 is 12.7 Å². The largest absolute Gasteiger partial charge is 0.325 e. The Morgan fingerprint density at radius 2 is 1.95 bits per heavy atom.